The minimum absolute atomic E-state index is 0.127. The normalized spacial score (nSPS) is 14.6. The maximum atomic E-state index is 5.55. The van der Waals surface area contributed by atoms with Crippen molar-refractivity contribution in [3.05, 3.63) is 294 Å². The van der Waals surface area contributed by atoms with E-state index in [2.05, 4.69) is 316 Å². The molecule has 0 N–H and O–H groups in total. The maximum absolute atomic E-state index is 5.55. The molecule has 0 fully saturated rings. The van der Waals surface area contributed by atoms with E-state index in [-0.39, 0.29) is 16.2 Å². The molecule has 0 saturated carbocycles. The van der Waals surface area contributed by atoms with Crippen LogP contribution in [-0.2, 0) is 16.2 Å². The molecule has 12 aromatic carbocycles. The van der Waals surface area contributed by atoms with Crippen molar-refractivity contribution < 1.29 is 0 Å². The lowest BCUT2D eigenvalue weighted by Crippen LogP contribution is -2.15. The summed E-state index contributed by atoms with van der Waals surface area (Å²) in [6.45, 7) is 14.2. The van der Waals surface area contributed by atoms with Gasteiger partial charge in [-0.1, -0.05) is 193 Å². The molecule has 4 aromatic heterocycles. The number of benzene rings is 12. The van der Waals surface area contributed by atoms with E-state index >= 15 is 0 Å². The SMILES string of the molecule is CC1(C)c2ccccc2-c2cc3c4ccccc4n(-c4ccc(-c5cc(-c6cccc(-n7c8ccccc8c8cc9c(cc87)C(C)(C)c7ccccc7-9)c6)nc(-c6ccc(-n7c8ccccc8c8cc9c(cc87)C(C)(C)c7ccccc7-9)cc6)n5)cc4)c3cc21. The zero-order valence-electron chi connectivity index (χ0n) is 51.1. The van der Waals surface area contributed by atoms with Gasteiger partial charge in [-0.2, -0.15) is 0 Å². The molecule has 0 saturated heterocycles. The fourth-order valence-electron chi connectivity index (χ4n) is 16.5. The Hall–Kier alpha value is -10.9. The molecule has 0 unspecified atom stereocenters. The number of hydrogen-bond acceptors (Lipinski definition) is 2. The molecule has 90 heavy (non-hydrogen) atoms. The van der Waals surface area contributed by atoms with Crippen molar-refractivity contribution in [3.8, 4) is 84.3 Å². The van der Waals surface area contributed by atoms with Crippen LogP contribution in [0.3, 0.4) is 0 Å². The second-order valence-electron chi connectivity index (χ2n) is 26.9. The van der Waals surface area contributed by atoms with Crippen LogP contribution in [0.1, 0.15) is 74.9 Å². The Morgan fingerprint density at radius 1 is 0.233 bits per heavy atom. The van der Waals surface area contributed by atoms with Crippen LogP contribution in [0.2, 0.25) is 0 Å². The van der Waals surface area contributed by atoms with Crippen LogP contribution in [0.5, 0.6) is 0 Å². The van der Waals surface area contributed by atoms with Crippen molar-refractivity contribution in [2.24, 2.45) is 0 Å². The molecular weight excluding hydrogens is 1090 g/mol. The molecule has 3 aliphatic carbocycles. The second-order valence-corrected chi connectivity index (χ2v) is 26.9. The van der Waals surface area contributed by atoms with Crippen LogP contribution in [-0.4, -0.2) is 23.7 Å². The van der Waals surface area contributed by atoms with Crippen molar-refractivity contribution in [2.45, 2.75) is 57.8 Å². The fraction of sp³-hybridized carbons (Fsp3) is 0.106. The van der Waals surface area contributed by atoms with Crippen LogP contribution in [0.25, 0.3) is 150 Å². The van der Waals surface area contributed by atoms with Crippen molar-refractivity contribution in [1.29, 1.82) is 0 Å². The molecule has 426 valence electrons. The Morgan fingerprint density at radius 3 is 1.01 bits per heavy atom. The fourth-order valence-corrected chi connectivity index (χ4v) is 16.5. The van der Waals surface area contributed by atoms with Gasteiger partial charge in [-0.25, -0.2) is 9.97 Å². The first-order valence-corrected chi connectivity index (χ1v) is 31.6. The minimum atomic E-state index is -0.144. The Labute approximate surface area is 522 Å². The Kier molecular flexibility index (Phi) is 10.3. The van der Waals surface area contributed by atoms with Gasteiger partial charge >= 0.3 is 0 Å². The van der Waals surface area contributed by atoms with Gasteiger partial charge in [0, 0.05) is 82.3 Å². The summed E-state index contributed by atoms with van der Waals surface area (Å²) in [7, 11) is 0. The van der Waals surface area contributed by atoms with Gasteiger partial charge < -0.3 is 13.7 Å². The molecule has 0 radical (unpaired) electrons. The molecule has 5 heteroatoms. The summed E-state index contributed by atoms with van der Waals surface area (Å²) in [6.07, 6.45) is 0. The predicted octanol–water partition coefficient (Wildman–Crippen LogP) is 21.7. The highest BCUT2D eigenvalue weighted by Crippen LogP contribution is 2.54. The van der Waals surface area contributed by atoms with Gasteiger partial charge in [0.05, 0.1) is 44.5 Å². The summed E-state index contributed by atoms with van der Waals surface area (Å²) in [5, 5.41) is 7.49. The lowest BCUT2D eigenvalue weighted by Gasteiger charge is -2.21. The van der Waals surface area contributed by atoms with Gasteiger partial charge in [0.2, 0.25) is 0 Å². The molecular formula is C85H61N5. The smallest absolute Gasteiger partial charge is 0.160 e. The number of nitrogens with zero attached hydrogens (tertiary/aromatic N) is 5. The highest BCUT2D eigenvalue weighted by molar-refractivity contribution is 6.14. The Bertz CT molecular complexity index is 5560. The first-order chi connectivity index (χ1) is 43.9. The molecule has 0 aliphatic heterocycles. The molecule has 0 atom stereocenters. The zero-order valence-corrected chi connectivity index (χ0v) is 51.1. The van der Waals surface area contributed by atoms with Crippen LogP contribution in [0, 0.1) is 0 Å². The van der Waals surface area contributed by atoms with E-state index in [0.717, 1.165) is 45.1 Å². The second kappa shape index (κ2) is 18.1. The number of para-hydroxylation sites is 3. The summed E-state index contributed by atoms with van der Waals surface area (Å²) in [4.78, 5) is 11.1. The van der Waals surface area contributed by atoms with Gasteiger partial charge in [0.1, 0.15) is 0 Å². The molecule has 3 aliphatic rings. The third-order valence-electron chi connectivity index (χ3n) is 21.1. The minimum Gasteiger partial charge on any atom is -0.309 e. The van der Waals surface area contributed by atoms with Gasteiger partial charge in [-0.15, -0.1) is 0 Å². The third kappa shape index (κ3) is 6.97. The van der Waals surface area contributed by atoms with Crippen molar-refractivity contribution in [2.75, 3.05) is 0 Å². The number of hydrogen-bond donors (Lipinski definition) is 0. The maximum Gasteiger partial charge on any atom is 0.160 e. The highest BCUT2D eigenvalue weighted by Gasteiger charge is 2.39. The van der Waals surface area contributed by atoms with Gasteiger partial charge in [0.15, 0.2) is 5.82 Å². The predicted molar refractivity (Wildman–Crippen MR) is 374 cm³/mol. The molecule has 5 nitrogen and oxygen atoms in total. The average molecular weight is 1150 g/mol. The first kappa shape index (κ1) is 51.2. The standard InChI is InChI=1S/C85H61N5/c1-83(2)68-28-13-7-22-56(68)62-43-65-59-25-10-16-31-76(59)88(79(65)46-71(62)83)53-38-34-50(35-39-53)74-49-75(52-20-19-21-55(42-52)90-78-33-18-12-27-61(78)67-45-64-58-24-9-15-30-70(58)85(5,6)73(64)48-81(67)90)87-82(86-74)51-36-40-54(41-37-51)89-77-32-17-11-26-60(77)66-44-63-57-23-8-14-29-69(57)84(3,4)72(63)47-80(66)89/h7-49H,1-6H3. The Morgan fingerprint density at radius 2 is 0.589 bits per heavy atom. The number of fused-ring (bicyclic) bond motifs is 18. The van der Waals surface area contributed by atoms with E-state index in [1.54, 1.807) is 0 Å². The summed E-state index contributed by atoms with van der Waals surface area (Å²) in [5.41, 5.74) is 30.9. The molecule has 0 spiro atoms. The summed E-state index contributed by atoms with van der Waals surface area (Å²) < 4.78 is 7.35. The summed E-state index contributed by atoms with van der Waals surface area (Å²) >= 11 is 0. The van der Waals surface area contributed by atoms with Gasteiger partial charge in [0.25, 0.3) is 0 Å². The van der Waals surface area contributed by atoms with E-state index in [1.807, 2.05) is 0 Å². The summed E-state index contributed by atoms with van der Waals surface area (Å²) in [5.74, 6) is 0.664. The highest BCUT2D eigenvalue weighted by atomic mass is 15.0. The van der Waals surface area contributed by atoms with Crippen LogP contribution in [0.4, 0.5) is 0 Å². The van der Waals surface area contributed by atoms with Crippen LogP contribution in [0.15, 0.2) is 261 Å². The van der Waals surface area contributed by atoms with E-state index in [0.29, 0.717) is 5.82 Å². The van der Waals surface area contributed by atoms with E-state index in [1.165, 1.54) is 132 Å². The van der Waals surface area contributed by atoms with Crippen molar-refractivity contribution >= 4 is 65.4 Å². The number of aromatic nitrogens is 5. The van der Waals surface area contributed by atoms with E-state index in [9.17, 15) is 0 Å². The van der Waals surface area contributed by atoms with Crippen molar-refractivity contribution in [3.63, 3.8) is 0 Å². The lowest BCUT2D eigenvalue weighted by atomic mass is 9.82. The Balaban J connectivity index is 0.765. The largest absolute Gasteiger partial charge is 0.309 e. The first-order valence-electron chi connectivity index (χ1n) is 31.6. The average Bonchev–Trinajstić information content (AvgIpc) is 1.57. The van der Waals surface area contributed by atoms with Gasteiger partial charge in [-0.3, -0.25) is 0 Å². The van der Waals surface area contributed by atoms with Crippen LogP contribution < -0.4 is 0 Å². The third-order valence-corrected chi connectivity index (χ3v) is 21.1. The molecule has 0 amide bonds. The van der Waals surface area contributed by atoms with E-state index < -0.39 is 0 Å². The quantitative estimate of drug-likeness (QED) is 0.166. The van der Waals surface area contributed by atoms with E-state index in [4.69, 9.17) is 9.97 Å². The van der Waals surface area contributed by atoms with Crippen molar-refractivity contribution in [1.82, 2.24) is 23.7 Å². The zero-order chi connectivity index (χ0) is 60.1. The summed E-state index contributed by atoms with van der Waals surface area (Å²) in [6, 6.07) is 97.1. The van der Waals surface area contributed by atoms with Crippen LogP contribution >= 0.6 is 0 Å². The molecule has 16 aromatic rings. The topological polar surface area (TPSA) is 40.6 Å². The lowest BCUT2D eigenvalue weighted by molar-refractivity contribution is 0.661. The molecule has 4 heterocycles. The van der Waals surface area contributed by atoms with Gasteiger partial charge in [-0.05, 0) is 176 Å². The number of rotatable bonds is 6. The molecule has 19 rings (SSSR count). The monoisotopic (exact) mass is 1150 g/mol. The molecule has 0 bridgehead atoms.